The highest BCUT2D eigenvalue weighted by atomic mass is 16.5. The van der Waals surface area contributed by atoms with Crippen molar-refractivity contribution in [1.82, 2.24) is 4.90 Å². The number of aryl methyl sites for hydroxylation is 2. The molecule has 0 unspecified atom stereocenters. The van der Waals surface area contributed by atoms with Gasteiger partial charge in [0.15, 0.2) is 5.76 Å². The van der Waals surface area contributed by atoms with Crippen LogP contribution in [0.4, 0.5) is 0 Å². The molecule has 5 nitrogen and oxygen atoms in total. The zero-order valence-electron chi connectivity index (χ0n) is 14.0. The third-order valence-corrected chi connectivity index (χ3v) is 3.77. The van der Waals surface area contributed by atoms with Crippen LogP contribution in [-0.2, 0) is 14.3 Å². The van der Waals surface area contributed by atoms with Gasteiger partial charge in [-0.3, -0.25) is 14.5 Å². The monoisotopic (exact) mass is 317 g/mol. The van der Waals surface area contributed by atoms with Gasteiger partial charge in [0, 0.05) is 13.2 Å². The molecule has 2 amide bonds. The molecular formula is C18H23NO4. The quantitative estimate of drug-likeness (QED) is 0.647. The minimum absolute atomic E-state index is 0.0947. The average Bonchev–Trinajstić information content (AvgIpc) is 2.67. The number of benzene rings is 1. The molecule has 2 rings (SSSR count). The molecule has 0 saturated heterocycles. The van der Waals surface area contributed by atoms with Gasteiger partial charge in [0.2, 0.25) is 0 Å². The van der Waals surface area contributed by atoms with Crippen LogP contribution in [0.2, 0.25) is 0 Å². The Hall–Kier alpha value is -2.14. The number of ether oxygens (including phenoxy) is 1. The molecule has 0 radical (unpaired) electrons. The lowest BCUT2D eigenvalue weighted by Gasteiger charge is -2.15. The highest BCUT2D eigenvalue weighted by Crippen LogP contribution is 2.30. The zero-order valence-corrected chi connectivity index (χ0v) is 14.0. The number of amides is 2. The summed E-state index contributed by atoms with van der Waals surface area (Å²) in [4.78, 5) is 25.8. The summed E-state index contributed by atoms with van der Waals surface area (Å²) in [5.41, 5.74) is 2.62. The average molecular weight is 317 g/mol. The fourth-order valence-electron chi connectivity index (χ4n) is 2.64. The van der Waals surface area contributed by atoms with E-state index in [0.717, 1.165) is 16.0 Å². The Balaban J connectivity index is 2.16. The van der Waals surface area contributed by atoms with Crippen molar-refractivity contribution in [3.8, 4) is 0 Å². The highest BCUT2D eigenvalue weighted by Gasteiger charge is 2.39. The Morgan fingerprint density at radius 3 is 2.48 bits per heavy atom. The van der Waals surface area contributed by atoms with Crippen LogP contribution in [0.25, 0.3) is 5.57 Å². The van der Waals surface area contributed by atoms with Crippen LogP contribution in [0.5, 0.6) is 0 Å². The van der Waals surface area contributed by atoms with Crippen molar-refractivity contribution in [3.05, 3.63) is 40.6 Å². The van der Waals surface area contributed by atoms with Gasteiger partial charge in [-0.25, -0.2) is 0 Å². The first-order valence-electron chi connectivity index (χ1n) is 7.81. The predicted octanol–water partition coefficient (Wildman–Crippen LogP) is 2.76. The molecule has 23 heavy (non-hydrogen) atoms. The van der Waals surface area contributed by atoms with Crippen LogP contribution < -0.4 is 0 Å². The van der Waals surface area contributed by atoms with Crippen molar-refractivity contribution >= 4 is 17.4 Å². The van der Waals surface area contributed by atoms with Crippen molar-refractivity contribution < 1.29 is 19.4 Å². The summed E-state index contributed by atoms with van der Waals surface area (Å²) in [5, 5.41) is 10.1. The molecule has 0 fully saturated rings. The van der Waals surface area contributed by atoms with E-state index < -0.39 is 17.6 Å². The zero-order chi connectivity index (χ0) is 17.1. The molecule has 1 aromatic carbocycles. The minimum Gasteiger partial charge on any atom is -0.502 e. The summed E-state index contributed by atoms with van der Waals surface area (Å²) < 4.78 is 5.42. The molecule has 5 heteroatoms. The summed E-state index contributed by atoms with van der Waals surface area (Å²) in [7, 11) is 0. The maximum atomic E-state index is 12.5. The third kappa shape index (κ3) is 3.62. The molecule has 0 spiro atoms. The van der Waals surface area contributed by atoms with E-state index in [-0.39, 0.29) is 18.2 Å². The molecule has 1 aliphatic rings. The van der Waals surface area contributed by atoms with E-state index >= 15 is 0 Å². The first-order valence-corrected chi connectivity index (χ1v) is 7.81. The van der Waals surface area contributed by atoms with E-state index in [0.29, 0.717) is 18.6 Å². The molecule has 0 aliphatic carbocycles. The number of carbonyl (C=O) groups excluding carboxylic acids is 2. The molecule has 0 aromatic heterocycles. The van der Waals surface area contributed by atoms with E-state index in [2.05, 4.69) is 0 Å². The van der Waals surface area contributed by atoms with Crippen molar-refractivity contribution in [1.29, 1.82) is 0 Å². The Morgan fingerprint density at radius 1 is 1.17 bits per heavy atom. The van der Waals surface area contributed by atoms with Crippen molar-refractivity contribution in [2.24, 2.45) is 0 Å². The molecule has 0 saturated carbocycles. The number of imide groups is 1. The third-order valence-electron chi connectivity index (χ3n) is 3.77. The van der Waals surface area contributed by atoms with Gasteiger partial charge >= 0.3 is 0 Å². The van der Waals surface area contributed by atoms with Crippen molar-refractivity contribution in [2.45, 2.75) is 40.2 Å². The lowest BCUT2D eigenvalue weighted by atomic mass is 9.98. The van der Waals surface area contributed by atoms with E-state index in [1.165, 1.54) is 0 Å². The second-order valence-electron chi connectivity index (χ2n) is 6.08. The van der Waals surface area contributed by atoms with E-state index in [1.807, 2.05) is 39.8 Å². The normalized spacial score (nSPS) is 15.3. The number of carbonyl (C=O) groups is 2. The summed E-state index contributed by atoms with van der Waals surface area (Å²) in [6, 6.07) is 5.55. The maximum Gasteiger partial charge on any atom is 0.296 e. The molecule has 0 bridgehead atoms. The van der Waals surface area contributed by atoms with Crippen molar-refractivity contribution in [2.75, 3.05) is 13.2 Å². The number of nitrogens with zero attached hydrogens (tertiary/aromatic N) is 1. The number of rotatable bonds is 6. The van der Waals surface area contributed by atoms with Crippen LogP contribution in [0.1, 0.15) is 37.0 Å². The Kier molecular flexibility index (Phi) is 5.21. The summed E-state index contributed by atoms with van der Waals surface area (Å²) in [6.07, 6.45) is 0.653. The highest BCUT2D eigenvalue weighted by molar-refractivity contribution is 6.35. The van der Waals surface area contributed by atoms with Crippen LogP contribution in [0, 0.1) is 13.8 Å². The second kappa shape index (κ2) is 6.96. The Morgan fingerprint density at radius 2 is 1.87 bits per heavy atom. The van der Waals surface area contributed by atoms with Gasteiger partial charge in [-0.1, -0.05) is 23.8 Å². The topological polar surface area (TPSA) is 66.8 Å². The summed E-state index contributed by atoms with van der Waals surface area (Å²) >= 11 is 0. The van der Waals surface area contributed by atoms with Gasteiger partial charge in [0.05, 0.1) is 11.7 Å². The predicted molar refractivity (Wildman–Crippen MR) is 87.9 cm³/mol. The lowest BCUT2D eigenvalue weighted by molar-refractivity contribution is -0.138. The van der Waals surface area contributed by atoms with E-state index in [1.54, 1.807) is 6.07 Å². The molecule has 1 aliphatic heterocycles. The molecule has 1 N–H and O–H groups in total. The summed E-state index contributed by atoms with van der Waals surface area (Å²) in [5.74, 6) is -1.54. The van der Waals surface area contributed by atoms with Gasteiger partial charge in [-0.15, -0.1) is 0 Å². The standard InChI is InChI=1S/C18H23NO4/c1-11(2)23-9-5-8-19-17(21)15(16(20)18(19)22)14-7-6-12(3)10-13(14)4/h6-7,10-11,20H,5,8-9H2,1-4H3. The lowest BCUT2D eigenvalue weighted by Crippen LogP contribution is -2.33. The molecule has 124 valence electrons. The first-order chi connectivity index (χ1) is 10.8. The van der Waals surface area contributed by atoms with Crippen LogP contribution in [0.15, 0.2) is 24.0 Å². The molecule has 1 heterocycles. The minimum atomic E-state index is -0.630. The largest absolute Gasteiger partial charge is 0.502 e. The van der Waals surface area contributed by atoms with Crippen LogP contribution in [0.3, 0.4) is 0 Å². The Labute approximate surface area is 136 Å². The van der Waals surface area contributed by atoms with E-state index in [4.69, 9.17) is 4.74 Å². The SMILES string of the molecule is Cc1ccc(C2=C(O)C(=O)N(CCCOC(C)C)C2=O)c(C)c1. The van der Waals surface area contributed by atoms with Crippen molar-refractivity contribution in [3.63, 3.8) is 0 Å². The number of hydrogen-bond acceptors (Lipinski definition) is 4. The second-order valence-corrected chi connectivity index (χ2v) is 6.08. The van der Waals surface area contributed by atoms with Gasteiger partial charge < -0.3 is 9.84 Å². The number of aliphatic hydroxyl groups is 1. The van der Waals surface area contributed by atoms with Crippen LogP contribution in [-0.4, -0.2) is 41.1 Å². The van der Waals surface area contributed by atoms with Gasteiger partial charge in [0.1, 0.15) is 0 Å². The summed E-state index contributed by atoms with van der Waals surface area (Å²) in [6.45, 7) is 8.38. The molecular weight excluding hydrogens is 294 g/mol. The van der Waals surface area contributed by atoms with Gasteiger partial charge in [-0.2, -0.15) is 0 Å². The fourth-order valence-corrected chi connectivity index (χ4v) is 2.64. The molecule has 1 aromatic rings. The first kappa shape index (κ1) is 17.2. The number of aliphatic hydroxyl groups excluding tert-OH is 1. The van der Waals surface area contributed by atoms with E-state index in [9.17, 15) is 14.7 Å². The van der Waals surface area contributed by atoms with Crippen LogP contribution >= 0.6 is 0 Å². The van der Waals surface area contributed by atoms with Gasteiger partial charge in [0.25, 0.3) is 11.8 Å². The smallest absolute Gasteiger partial charge is 0.296 e. The van der Waals surface area contributed by atoms with Gasteiger partial charge in [-0.05, 0) is 45.2 Å². The number of hydrogen-bond donors (Lipinski definition) is 1. The maximum absolute atomic E-state index is 12.5. The Bertz CT molecular complexity index is 661. The fraction of sp³-hybridized carbons (Fsp3) is 0.444. The molecule has 0 atom stereocenters.